The van der Waals surface area contributed by atoms with Crippen molar-refractivity contribution in [3.8, 4) is 11.5 Å². The molecule has 162 valence electrons. The summed E-state index contributed by atoms with van der Waals surface area (Å²) in [5.74, 6) is 0.828. The summed E-state index contributed by atoms with van der Waals surface area (Å²) in [4.78, 5) is 41.0. The molecule has 2 fully saturated rings. The molecular formula is C22H29N3O5. The Labute approximate surface area is 176 Å². The molecule has 1 N–H and O–H groups in total. The average molecular weight is 415 g/mol. The van der Waals surface area contributed by atoms with Crippen LogP contribution in [0, 0.1) is 0 Å². The van der Waals surface area contributed by atoms with Crippen molar-refractivity contribution in [1.82, 2.24) is 15.1 Å². The van der Waals surface area contributed by atoms with Gasteiger partial charge in [-0.2, -0.15) is 0 Å². The second-order valence-electron chi connectivity index (χ2n) is 8.40. The maximum atomic E-state index is 13.1. The van der Waals surface area contributed by atoms with E-state index >= 15 is 0 Å². The number of urea groups is 1. The van der Waals surface area contributed by atoms with Crippen LogP contribution in [-0.2, 0) is 16.1 Å². The normalized spacial score (nSPS) is 20.5. The Hall–Kier alpha value is -2.77. The van der Waals surface area contributed by atoms with E-state index in [1.165, 1.54) is 11.3 Å². The van der Waals surface area contributed by atoms with Crippen molar-refractivity contribution < 1.29 is 23.9 Å². The van der Waals surface area contributed by atoms with Crippen molar-refractivity contribution in [3.05, 3.63) is 23.8 Å². The predicted octanol–water partition coefficient (Wildman–Crippen LogP) is 2.45. The fourth-order valence-electron chi connectivity index (χ4n) is 4.47. The molecule has 2 aliphatic heterocycles. The van der Waals surface area contributed by atoms with Crippen LogP contribution in [0.15, 0.2) is 18.2 Å². The molecule has 1 saturated carbocycles. The van der Waals surface area contributed by atoms with Gasteiger partial charge >= 0.3 is 6.03 Å². The first-order chi connectivity index (χ1) is 14.5. The van der Waals surface area contributed by atoms with Crippen molar-refractivity contribution in [2.45, 2.75) is 57.0 Å². The number of fused-ring (bicyclic) bond motifs is 1. The van der Waals surface area contributed by atoms with E-state index in [0.29, 0.717) is 44.1 Å². The lowest BCUT2D eigenvalue weighted by molar-refractivity contribution is -0.139. The molecule has 1 aliphatic carbocycles. The highest BCUT2D eigenvalue weighted by atomic mass is 16.6. The van der Waals surface area contributed by atoms with E-state index in [4.69, 9.17) is 9.47 Å². The number of nitrogens with one attached hydrogen (secondary N) is 1. The van der Waals surface area contributed by atoms with Crippen molar-refractivity contribution >= 4 is 17.8 Å². The van der Waals surface area contributed by atoms with Crippen LogP contribution in [0.4, 0.5) is 4.79 Å². The number of hydrogen-bond donors (Lipinski definition) is 1. The highest BCUT2D eigenvalue weighted by molar-refractivity contribution is 6.09. The second-order valence-corrected chi connectivity index (χ2v) is 8.40. The molecule has 1 aromatic carbocycles. The Kier molecular flexibility index (Phi) is 5.83. The summed E-state index contributed by atoms with van der Waals surface area (Å²) in [5.41, 5.74) is 0.0652. The topological polar surface area (TPSA) is 88.2 Å². The van der Waals surface area contributed by atoms with Crippen LogP contribution in [0.25, 0.3) is 0 Å². The van der Waals surface area contributed by atoms with Gasteiger partial charge in [-0.3, -0.25) is 14.5 Å². The number of likely N-dealkylation sites (N-methyl/N-ethyl adjacent to an activating group) is 1. The molecule has 4 amide bonds. The summed E-state index contributed by atoms with van der Waals surface area (Å²) in [6.07, 6.45) is 6.44. The lowest BCUT2D eigenvalue weighted by Crippen LogP contribution is -2.48. The molecule has 1 saturated heterocycles. The number of imide groups is 1. The minimum atomic E-state index is -0.827. The number of rotatable bonds is 4. The van der Waals surface area contributed by atoms with E-state index in [0.717, 1.165) is 36.1 Å². The van der Waals surface area contributed by atoms with Crippen molar-refractivity contribution in [2.75, 3.05) is 26.8 Å². The van der Waals surface area contributed by atoms with Gasteiger partial charge in [-0.05, 0) is 30.5 Å². The van der Waals surface area contributed by atoms with Crippen LogP contribution in [0.2, 0.25) is 0 Å². The zero-order valence-corrected chi connectivity index (χ0v) is 17.4. The SMILES string of the molecule is CN(Cc1ccc2c(c1)OCCO2)C(=O)CN1C(=O)NC2(CCCCCCC2)C1=O. The number of amides is 4. The van der Waals surface area contributed by atoms with Gasteiger partial charge in [0, 0.05) is 13.6 Å². The molecule has 30 heavy (non-hydrogen) atoms. The third kappa shape index (κ3) is 4.08. The highest BCUT2D eigenvalue weighted by Gasteiger charge is 2.50. The fourth-order valence-corrected chi connectivity index (χ4v) is 4.47. The number of hydrogen-bond acceptors (Lipinski definition) is 5. The summed E-state index contributed by atoms with van der Waals surface area (Å²) in [6.45, 7) is 1.13. The minimum absolute atomic E-state index is 0.243. The molecule has 2 heterocycles. The van der Waals surface area contributed by atoms with Gasteiger partial charge in [-0.1, -0.05) is 38.2 Å². The summed E-state index contributed by atoms with van der Waals surface area (Å²) in [5, 5.41) is 2.90. The summed E-state index contributed by atoms with van der Waals surface area (Å²) in [7, 11) is 1.67. The van der Waals surface area contributed by atoms with Gasteiger partial charge in [-0.25, -0.2) is 4.79 Å². The zero-order chi connectivity index (χ0) is 21.1. The van der Waals surface area contributed by atoms with E-state index < -0.39 is 11.6 Å². The summed E-state index contributed by atoms with van der Waals surface area (Å²) >= 11 is 0. The maximum Gasteiger partial charge on any atom is 0.325 e. The number of nitrogens with zero attached hydrogens (tertiary/aromatic N) is 2. The maximum absolute atomic E-state index is 13.1. The summed E-state index contributed by atoms with van der Waals surface area (Å²) < 4.78 is 11.1. The number of carbonyl (C=O) groups is 3. The molecule has 0 atom stereocenters. The molecule has 1 spiro atoms. The Morgan fingerprint density at radius 2 is 1.73 bits per heavy atom. The Morgan fingerprint density at radius 3 is 2.47 bits per heavy atom. The Morgan fingerprint density at radius 1 is 1.07 bits per heavy atom. The van der Waals surface area contributed by atoms with Crippen LogP contribution < -0.4 is 14.8 Å². The van der Waals surface area contributed by atoms with E-state index in [2.05, 4.69) is 5.32 Å². The third-order valence-electron chi connectivity index (χ3n) is 6.20. The van der Waals surface area contributed by atoms with Crippen molar-refractivity contribution in [3.63, 3.8) is 0 Å². The lowest BCUT2D eigenvalue weighted by Gasteiger charge is -2.28. The fraction of sp³-hybridized carbons (Fsp3) is 0.591. The first-order valence-corrected chi connectivity index (χ1v) is 10.8. The molecule has 1 aromatic rings. The monoisotopic (exact) mass is 415 g/mol. The molecule has 0 aromatic heterocycles. The van der Waals surface area contributed by atoms with Gasteiger partial charge < -0.3 is 19.7 Å². The molecule has 8 nitrogen and oxygen atoms in total. The first kappa shape index (κ1) is 20.5. The van der Waals surface area contributed by atoms with E-state index in [-0.39, 0.29) is 18.4 Å². The highest BCUT2D eigenvalue weighted by Crippen LogP contribution is 2.33. The van der Waals surface area contributed by atoms with E-state index in [1.54, 1.807) is 7.05 Å². The van der Waals surface area contributed by atoms with Crippen LogP contribution in [0.1, 0.15) is 50.5 Å². The molecular weight excluding hydrogens is 386 g/mol. The van der Waals surface area contributed by atoms with Crippen molar-refractivity contribution in [1.29, 1.82) is 0 Å². The summed E-state index contributed by atoms with van der Waals surface area (Å²) in [6, 6.07) is 5.11. The molecule has 8 heteroatoms. The molecule has 0 unspecified atom stereocenters. The van der Waals surface area contributed by atoms with Gasteiger partial charge in [0.05, 0.1) is 0 Å². The van der Waals surface area contributed by atoms with E-state index in [1.807, 2.05) is 18.2 Å². The smallest absolute Gasteiger partial charge is 0.325 e. The molecule has 4 rings (SSSR count). The lowest BCUT2D eigenvalue weighted by atomic mass is 9.84. The number of carbonyl (C=O) groups excluding carboxylic acids is 3. The standard InChI is InChI=1S/C22H29N3O5/c1-24(14-16-7-8-17-18(13-16)30-12-11-29-17)19(26)15-25-20(27)22(23-21(25)28)9-5-3-2-4-6-10-22/h7-8,13H,2-6,9-12,14-15H2,1H3,(H,23,28). The van der Waals surface area contributed by atoms with Crippen LogP contribution in [-0.4, -0.2) is 60.0 Å². The zero-order valence-electron chi connectivity index (χ0n) is 17.4. The minimum Gasteiger partial charge on any atom is -0.486 e. The van der Waals surface area contributed by atoms with Crippen LogP contribution in [0.5, 0.6) is 11.5 Å². The van der Waals surface area contributed by atoms with Gasteiger partial charge in [0.15, 0.2) is 11.5 Å². The third-order valence-corrected chi connectivity index (χ3v) is 6.20. The number of ether oxygens (including phenoxy) is 2. The predicted molar refractivity (Wildman–Crippen MR) is 109 cm³/mol. The van der Waals surface area contributed by atoms with E-state index in [9.17, 15) is 14.4 Å². The number of benzene rings is 1. The first-order valence-electron chi connectivity index (χ1n) is 10.8. The quantitative estimate of drug-likeness (QED) is 0.763. The molecule has 3 aliphatic rings. The largest absolute Gasteiger partial charge is 0.486 e. The molecule has 0 radical (unpaired) electrons. The van der Waals surface area contributed by atoms with Gasteiger partial charge in [0.25, 0.3) is 5.91 Å². The Balaban J connectivity index is 1.39. The average Bonchev–Trinajstić information content (AvgIpc) is 2.95. The van der Waals surface area contributed by atoms with Crippen molar-refractivity contribution in [2.24, 2.45) is 0 Å². The van der Waals surface area contributed by atoms with Gasteiger partial charge in [-0.15, -0.1) is 0 Å². The van der Waals surface area contributed by atoms with Crippen LogP contribution in [0.3, 0.4) is 0 Å². The van der Waals surface area contributed by atoms with Crippen LogP contribution >= 0.6 is 0 Å². The molecule has 0 bridgehead atoms. The van der Waals surface area contributed by atoms with Gasteiger partial charge in [0.2, 0.25) is 5.91 Å². The second kappa shape index (κ2) is 8.53. The Bertz CT molecular complexity index is 832. The van der Waals surface area contributed by atoms with Gasteiger partial charge in [0.1, 0.15) is 25.3 Å².